The van der Waals surface area contributed by atoms with Gasteiger partial charge in [0.05, 0.1) is 15.9 Å². The maximum atomic E-state index is 12.6. The number of amides is 1. The third-order valence-electron chi connectivity index (χ3n) is 5.68. The molecule has 3 heterocycles. The molecule has 7 heteroatoms. The molecule has 1 N–H and O–H groups in total. The lowest BCUT2D eigenvalue weighted by molar-refractivity contribution is 0.102. The van der Waals surface area contributed by atoms with Crippen molar-refractivity contribution in [3.63, 3.8) is 0 Å². The molecule has 2 aromatic heterocycles. The minimum absolute atomic E-state index is 0.200. The molecule has 31 heavy (non-hydrogen) atoms. The molecule has 5 rings (SSSR count). The molecule has 0 atom stereocenters. The number of aromatic nitrogens is 3. The number of anilines is 2. The zero-order valence-electron chi connectivity index (χ0n) is 17.3. The van der Waals surface area contributed by atoms with E-state index in [1.807, 2.05) is 60.7 Å². The second kappa shape index (κ2) is 8.43. The largest absolute Gasteiger partial charge is 0.355 e. The van der Waals surface area contributed by atoms with Gasteiger partial charge in [-0.1, -0.05) is 31.2 Å². The van der Waals surface area contributed by atoms with Gasteiger partial charge in [-0.15, -0.1) is 21.5 Å². The summed E-state index contributed by atoms with van der Waals surface area (Å²) < 4.78 is 1.00. The highest BCUT2D eigenvalue weighted by Crippen LogP contribution is 2.25. The summed E-state index contributed by atoms with van der Waals surface area (Å²) in [5.74, 6) is 1.53. The van der Waals surface area contributed by atoms with E-state index in [0.29, 0.717) is 5.01 Å². The Morgan fingerprint density at radius 1 is 1.00 bits per heavy atom. The lowest BCUT2D eigenvalue weighted by atomic mass is 9.99. The molecule has 1 fully saturated rings. The Bertz CT molecular complexity index is 1160. The summed E-state index contributed by atoms with van der Waals surface area (Å²) in [5.41, 5.74) is 3.34. The van der Waals surface area contributed by atoms with Gasteiger partial charge in [-0.2, -0.15) is 0 Å². The van der Waals surface area contributed by atoms with Crippen molar-refractivity contribution in [2.24, 2.45) is 5.92 Å². The number of nitrogens with zero attached hydrogens (tertiary/aromatic N) is 4. The highest BCUT2D eigenvalue weighted by Gasteiger charge is 2.17. The molecule has 0 unspecified atom stereocenters. The number of para-hydroxylation sites is 1. The van der Waals surface area contributed by atoms with Crippen molar-refractivity contribution in [1.29, 1.82) is 0 Å². The minimum atomic E-state index is -0.200. The quantitative estimate of drug-likeness (QED) is 0.480. The summed E-state index contributed by atoms with van der Waals surface area (Å²) in [5, 5.41) is 12.2. The van der Waals surface area contributed by atoms with Crippen LogP contribution in [0, 0.1) is 5.92 Å². The van der Waals surface area contributed by atoms with Crippen LogP contribution in [0.1, 0.15) is 29.6 Å². The minimum Gasteiger partial charge on any atom is -0.355 e. The number of thiazole rings is 1. The first-order chi connectivity index (χ1) is 15.2. The van der Waals surface area contributed by atoms with Gasteiger partial charge in [-0.05, 0) is 55.2 Å². The SMILES string of the molecule is CC1CCN(c2ccc(-c3ccc(NC(=O)c4nc5ccccc5s4)cc3)nn2)CC1. The smallest absolute Gasteiger partial charge is 0.284 e. The molecule has 2 aromatic carbocycles. The fourth-order valence-electron chi connectivity index (χ4n) is 3.76. The van der Waals surface area contributed by atoms with Gasteiger partial charge in [0.15, 0.2) is 10.8 Å². The molecular formula is C24H23N5OS. The van der Waals surface area contributed by atoms with Crippen molar-refractivity contribution in [2.45, 2.75) is 19.8 Å². The van der Waals surface area contributed by atoms with Crippen LogP contribution in [0.4, 0.5) is 11.5 Å². The number of carbonyl (C=O) groups excluding carboxylic acids is 1. The number of piperidine rings is 1. The first kappa shape index (κ1) is 19.6. The number of rotatable bonds is 4. The van der Waals surface area contributed by atoms with E-state index in [9.17, 15) is 4.79 Å². The third-order valence-corrected chi connectivity index (χ3v) is 6.72. The first-order valence-corrected chi connectivity index (χ1v) is 11.3. The summed E-state index contributed by atoms with van der Waals surface area (Å²) in [7, 11) is 0. The number of hydrogen-bond acceptors (Lipinski definition) is 6. The highest BCUT2D eigenvalue weighted by molar-refractivity contribution is 7.20. The van der Waals surface area contributed by atoms with E-state index in [0.717, 1.165) is 52.0 Å². The highest BCUT2D eigenvalue weighted by atomic mass is 32.1. The molecule has 0 radical (unpaired) electrons. The molecule has 0 spiro atoms. The van der Waals surface area contributed by atoms with Gasteiger partial charge < -0.3 is 10.2 Å². The van der Waals surface area contributed by atoms with E-state index in [1.54, 1.807) is 0 Å². The second-order valence-corrected chi connectivity index (χ2v) is 9.00. The Morgan fingerprint density at radius 3 is 2.48 bits per heavy atom. The second-order valence-electron chi connectivity index (χ2n) is 7.96. The summed E-state index contributed by atoms with van der Waals surface area (Å²) in [4.78, 5) is 19.3. The van der Waals surface area contributed by atoms with Gasteiger partial charge in [0.1, 0.15) is 0 Å². The third kappa shape index (κ3) is 4.27. The number of carbonyl (C=O) groups is 1. The van der Waals surface area contributed by atoms with Gasteiger partial charge in [-0.25, -0.2) is 4.98 Å². The van der Waals surface area contributed by atoms with Crippen LogP contribution >= 0.6 is 11.3 Å². The van der Waals surface area contributed by atoms with Crippen LogP contribution in [0.25, 0.3) is 21.5 Å². The molecule has 0 aliphatic carbocycles. The Labute approximate surface area is 185 Å². The zero-order chi connectivity index (χ0) is 21.2. The number of nitrogens with one attached hydrogen (secondary N) is 1. The standard InChI is InChI=1S/C24H23N5OS/c1-16-12-14-29(15-13-16)22-11-10-19(27-28-22)17-6-8-18(9-7-17)25-23(30)24-26-20-4-2-3-5-21(20)31-24/h2-11,16H,12-15H2,1H3,(H,25,30). The molecule has 4 aromatic rings. The maximum absolute atomic E-state index is 12.6. The molecule has 1 amide bonds. The topological polar surface area (TPSA) is 71.0 Å². The van der Waals surface area contributed by atoms with E-state index in [1.165, 1.54) is 24.2 Å². The van der Waals surface area contributed by atoms with E-state index < -0.39 is 0 Å². The van der Waals surface area contributed by atoms with Crippen molar-refractivity contribution < 1.29 is 4.79 Å². The fraction of sp³-hybridized carbons (Fsp3) is 0.250. The van der Waals surface area contributed by atoms with E-state index in [2.05, 4.69) is 32.3 Å². The molecule has 0 saturated carbocycles. The summed E-state index contributed by atoms with van der Waals surface area (Å²) in [6, 6.07) is 19.4. The molecule has 6 nitrogen and oxygen atoms in total. The Hall–Kier alpha value is -3.32. The van der Waals surface area contributed by atoms with Gasteiger partial charge in [0, 0.05) is 24.3 Å². The number of fused-ring (bicyclic) bond motifs is 1. The lowest BCUT2D eigenvalue weighted by Crippen LogP contribution is -2.33. The van der Waals surface area contributed by atoms with Gasteiger partial charge in [-0.3, -0.25) is 4.79 Å². The van der Waals surface area contributed by atoms with Crippen LogP contribution in [-0.2, 0) is 0 Å². The Morgan fingerprint density at radius 2 is 1.77 bits per heavy atom. The van der Waals surface area contributed by atoms with Gasteiger partial charge in [0.2, 0.25) is 0 Å². The average molecular weight is 430 g/mol. The average Bonchev–Trinajstić information content (AvgIpc) is 3.25. The summed E-state index contributed by atoms with van der Waals surface area (Å²) >= 11 is 1.39. The summed E-state index contributed by atoms with van der Waals surface area (Å²) in [6.45, 7) is 4.38. The molecular weight excluding hydrogens is 406 g/mol. The molecule has 1 saturated heterocycles. The van der Waals surface area contributed by atoms with Crippen LogP contribution in [-0.4, -0.2) is 34.2 Å². The predicted octanol–water partition coefficient (Wildman–Crippen LogP) is 5.24. The van der Waals surface area contributed by atoms with Gasteiger partial charge >= 0.3 is 0 Å². The van der Waals surface area contributed by atoms with E-state index in [-0.39, 0.29) is 5.91 Å². The first-order valence-electron chi connectivity index (χ1n) is 10.5. The fourth-order valence-corrected chi connectivity index (χ4v) is 4.62. The van der Waals surface area contributed by atoms with Crippen molar-refractivity contribution >= 4 is 39.0 Å². The number of hydrogen-bond donors (Lipinski definition) is 1. The van der Waals surface area contributed by atoms with E-state index >= 15 is 0 Å². The molecule has 1 aliphatic rings. The van der Waals surface area contributed by atoms with Crippen LogP contribution in [0.3, 0.4) is 0 Å². The van der Waals surface area contributed by atoms with Crippen molar-refractivity contribution in [2.75, 3.05) is 23.3 Å². The monoisotopic (exact) mass is 429 g/mol. The number of benzene rings is 2. The normalized spacial score (nSPS) is 14.7. The van der Waals surface area contributed by atoms with Gasteiger partial charge in [0.25, 0.3) is 5.91 Å². The molecule has 0 bridgehead atoms. The maximum Gasteiger partial charge on any atom is 0.284 e. The van der Waals surface area contributed by atoms with Crippen molar-refractivity contribution in [3.05, 3.63) is 65.7 Å². The van der Waals surface area contributed by atoms with Crippen LogP contribution in [0.2, 0.25) is 0 Å². The Balaban J connectivity index is 1.25. The summed E-state index contributed by atoms with van der Waals surface area (Å²) in [6.07, 6.45) is 2.40. The van der Waals surface area contributed by atoms with Crippen LogP contribution in [0.15, 0.2) is 60.7 Å². The molecule has 1 aliphatic heterocycles. The predicted molar refractivity (Wildman–Crippen MR) is 126 cm³/mol. The van der Waals surface area contributed by atoms with Crippen LogP contribution in [0.5, 0.6) is 0 Å². The Kier molecular flexibility index (Phi) is 5.34. The lowest BCUT2D eigenvalue weighted by Gasteiger charge is -2.30. The van der Waals surface area contributed by atoms with Crippen LogP contribution < -0.4 is 10.2 Å². The zero-order valence-corrected chi connectivity index (χ0v) is 18.1. The van der Waals surface area contributed by atoms with Crippen molar-refractivity contribution in [1.82, 2.24) is 15.2 Å². The molecule has 156 valence electrons. The van der Waals surface area contributed by atoms with E-state index in [4.69, 9.17) is 0 Å². The van der Waals surface area contributed by atoms with Crippen molar-refractivity contribution in [3.8, 4) is 11.3 Å².